The van der Waals surface area contributed by atoms with Crippen LogP contribution in [-0.4, -0.2) is 48.7 Å². The smallest absolute Gasteiger partial charge is 0.244 e. The van der Waals surface area contributed by atoms with Crippen molar-refractivity contribution in [1.29, 1.82) is 0 Å². The summed E-state index contributed by atoms with van der Waals surface area (Å²) in [6.45, 7) is 3.93. The Balaban J connectivity index is 2.59. The van der Waals surface area contributed by atoms with Gasteiger partial charge in [0.05, 0.1) is 6.61 Å². The van der Waals surface area contributed by atoms with Crippen LogP contribution in [0.4, 0.5) is 5.69 Å². The third kappa shape index (κ3) is 4.44. The molecule has 0 spiro atoms. The van der Waals surface area contributed by atoms with Gasteiger partial charge in [0.2, 0.25) is 11.8 Å². The fourth-order valence-corrected chi connectivity index (χ4v) is 1.12. The van der Waals surface area contributed by atoms with Crippen molar-refractivity contribution in [3.05, 3.63) is 6.33 Å². The van der Waals surface area contributed by atoms with E-state index in [9.17, 15) is 0 Å². The summed E-state index contributed by atoms with van der Waals surface area (Å²) in [5.41, 5.74) is 6.21. The molecule has 0 radical (unpaired) electrons. The molecule has 0 amide bonds. The number of rotatable bonds is 7. The number of nitrogens with zero attached hydrogens (tertiary/aromatic N) is 3. The van der Waals surface area contributed by atoms with Gasteiger partial charge in [-0.25, -0.2) is 0 Å². The zero-order valence-corrected chi connectivity index (χ0v) is 10.6. The van der Waals surface area contributed by atoms with Crippen molar-refractivity contribution < 1.29 is 9.47 Å². The molecule has 0 aliphatic carbocycles. The molecule has 0 aromatic carbocycles. The van der Waals surface area contributed by atoms with E-state index in [1.54, 1.807) is 0 Å². The summed E-state index contributed by atoms with van der Waals surface area (Å²) in [7, 11) is 3.95. The zero-order valence-electron chi connectivity index (χ0n) is 10.6. The van der Waals surface area contributed by atoms with E-state index >= 15 is 0 Å². The minimum absolute atomic E-state index is 0.361. The van der Waals surface area contributed by atoms with Crippen molar-refractivity contribution in [1.82, 2.24) is 14.9 Å². The summed E-state index contributed by atoms with van der Waals surface area (Å²) in [6.07, 6.45) is 2.30. The predicted octanol–water partition coefficient (Wildman–Crippen LogP) is 0.788. The molecule has 96 valence electrons. The van der Waals surface area contributed by atoms with Crippen molar-refractivity contribution in [3.63, 3.8) is 0 Å². The van der Waals surface area contributed by atoms with E-state index in [0.29, 0.717) is 30.7 Å². The van der Waals surface area contributed by atoms with Crippen LogP contribution in [0.3, 0.4) is 0 Å². The number of nitrogens with two attached hydrogens (primary N) is 1. The molecule has 0 bridgehead atoms. The van der Waals surface area contributed by atoms with Crippen LogP contribution < -0.4 is 15.2 Å². The number of likely N-dealkylation sites (N-methyl/N-ethyl adjacent to an activating group) is 1. The third-order valence-electron chi connectivity index (χ3n) is 2.03. The number of anilines is 1. The normalized spacial score (nSPS) is 10.6. The predicted molar refractivity (Wildman–Crippen MR) is 66.3 cm³/mol. The van der Waals surface area contributed by atoms with Gasteiger partial charge in [-0.05, 0) is 20.5 Å². The Labute approximate surface area is 102 Å². The number of nitrogen functional groups attached to an aromatic ring is 1. The second kappa shape index (κ2) is 6.90. The van der Waals surface area contributed by atoms with E-state index in [0.717, 1.165) is 13.0 Å². The molecule has 0 aliphatic heterocycles. The van der Waals surface area contributed by atoms with Crippen molar-refractivity contribution in [3.8, 4) is 11.8 Å². The van der Waals surface area contributed by atoms with Crippen molar-refractivity contribution >= 4 is 5.69 Å². The molecule has 1 aromatic rings. The molecule has 1 heterocycles. The fourth-order valence-electron chi connectivity index (χ4n) is 1.12. The Morgan fingerprint density at radius 3 is 2.29 bits per heavy atom. The lowest BCUT2D eigenvalue weighted by Gasteiger charge is -2.13. The first kappa shape index (κ1) is 13.5. The molecular formula is C11H20N4O2. The molecule has 6 nitrogen and oxygen atoms in total. The van der Waals surface area contributed by atoms with Crippen LogP contribution in [0.1, 0.15) is 13.3 Å². The van der Waals surface area contributed by atoms with Gasteiger partial charge < -0.3 is 20.1 Å². The Morgan fingerprint density at radius 2 is 1.76 bits per heavy atom. The van der Waals surface area contributed by atoms with Gasteiger partial charge in [-0.3, -0.25) is 0 Å². The van der Waals surface area contributed by atoms with Gasteiger partial charge in [0.25, 0.3) is 0 Å². The number of ether oxygens (including phenoxy) is 2. The first-order chi connectivity index (χ1) is 8.15. The largest absolute Gasteiger partial charge is 0.476 e. The lowest BCUT2D eigenvalue weighted by Crippen LogP contribution is -2.20. The zero-order chi connectivity index (χ0) is 12.7. The van der Waals surface area contributed by atoms with Crippen molar-refractivity contribution in [2.75, 3.05) is 39.6 Å². The maximum Gasteiger partial charge on any atom is 0.244 e. The highest BCUT2D eigenvalue weighted by Gasteiger charge is 2.10. The van der Waals surface area contributed by atoms with Crippen LogP contribution in [-0.2, 0) is 0 Å². The average molecular weight is 240 g/mol. The fraction of sp³-hybridized carbons (Fsp3) is 0.636. The maximum absolute atomic E-state index is 5.85. The highest BCUT2D eigenvalue weighted by molar-refractivity contribution is 5.55. The molecule has 6 heteroatoms. The van der Waals surface area contributed by atoms with Crippen LogP contribution in [0.2, 0.25) is 0 Å². The van der Waals surface area contributed by atoms with Gasteiger partial charge in [0.1, 0.15) is 12.9 Å². The molecule has 0 atom stereocenters. The number of hydrogen-bond acceptors (Lipinski definition) is 6. The first-order valence-corrected chi connectivity index (χ1v) is 5.66. The van der Waals surface area contributed by atoms with Crippen LogP contribution in [0.25, 0.3) is 0 Å². The minimum Gasteiger partial charge on any atom is -0.476 e. The van der Waals surface area contributed by atoms with Crippen LogP contribution in [0.15, 0.2) is 6.33 Å². The van der Waals surface area contributed by atoms with Gasteiger partial charge in [0, 0.05) is 6.54 Å². The molecule has 1 rings (SSSR count). The molecule has 1 aromatic heterocycles. The van der Waals surface area contributed by atoms with Crippen LogP contribution in [0, 0.1) is 0 Å². The monoisotopic (exact) mass is 240 g/mol. The van der Waals surface area contributed by atoms with Gasteiger partial charge >= 0.3 is 0 Å². The van der Waals surface area contributed by atoms with Crippen LogP contribution in [0.5, 0.6) is 11.8 Å². The van der Waals surface area contributed by atoms with E-state index in [1.165, 1.54) is 6.33 Å². The van der Waals surface area contributed by atoms with Gasteiger partial charge in [-0.1, -0.05) is 6.92 Å². The molecule has 17 heavy (non-hydrogen) atoms. The summed E-state index contributed by atoms with van der Waals surface area (Å²) >= 11 is 0. The van der Waals surface area contributed by atoms with Crippen molar-refractivity contribution in [2.24, 2.45) is 0 Å². The van der Waals surface area contributed by atoms with E-state index in [4.69, 9.17) is 15.2 Å². The standard InChI is InChI=1S/C11H20N4O2/c1-4-6-16-10-9(12)11(14-8-13-10)17-7-5-15(2)3/h8H,4-7,12H2,1-3H3. The molecule has 2 N–H and O–H groups in total. The second-order valence-corrected chi connectivity index (χ2v) is 3.90. The Morgan fingerprint density at radius 1 is 1.18 bits per heavy atom. The molecule has 0 aliphatic rings. The molecular weight excluding hydrogens is 220 g/mol. The Kier molecular flexibility index (Phi) is 5.48. The topological polar surface area (TPSA) is 73.5 Å². The van der Waals surface area contributed by atoms with Crippen LogP contribution >= 0.6 is 0 Å². The number of aromatic nitrogens is 2. The van der Waals surface area contributed by atoms with Gasteiger partial charge in [-0.15, -0.1) is 0 Å². The maximum atomic E-state index is 5.85. The molecule has 0 saturated heterocycles. The highest BCUT2D eigenvalue weighted by atomic mass is 16.5. The minimum atomic E-state index is 0.361. The highest BCUT2D eigenvalue weighted by Crippen LogP contribution is 2.26. The summed E-state index contributed by atoms with van der Waals surface area (Å²) in [5, 5.41) is 0. The summed E-state index contributed by atoms with van der Waals surface area (Å²) in [4.78, 5) is 9.98. The summed E-state index contributed by atoms with van der Waals surface area (Å²) in [5.74, 6) is 0.773. The summed E-state index contributed by atoms with van der Waals surface area (Å²) in [6, 6.07) is 0. The summed E-state index contributed by atoms with van der Waals surface area (Å²) < 4.78 is 10.9. The Hall–Kier alpha value is -1.56. The third-order valence-corrected chi connectivity index (χ3v) is 2.03. The SMILES string of the molecule is CCCOc1ncnc(OCCN(C)C)c1N. The average Bonchev–Trinajstić information content (AvgIpc) is 2.29. The van der Waals surface area contributed by atoms with E-state index in [2.05, 4.69) is 9.97 Å². The van der Waals surface area contributed by atoms with E-state index < -0.39 is 0 Å². The second-order valence-electron chi connectivity index (χ2n) is 3.90. The molecule has 0 unspecified atom stereocenters. The van der Waals surface area contributed by atoms with Crippen molar-refractivity contribution in [2.45, 2.75) is 13.3 Å². The molecule has 0 saturated carbocycles. The molecule has 0 fully saturated rings. The van der Waals surface area contributed by atoms with Gasteiger partial charge in [0.15, 0.2) is 5.69 Å². The lowest BCUT2D eigenvalue weighted by atomic mass is 10.5. The van der Waals surface area contributed by atoms with E-state index in [-0.39, 0.29) is 0 Å². The quantitative estimate of drug-likeness (QED) is 0.759. The Bertz CT molecular complexity index is 344. The van der Waals surface area contributed by atoms with E-state index in [1.807, 2.05) is 25.9 Å². The lowest BCUT2D eigenvalue weighted by molar-refractivity contribution is 0.251. The number of hydrogen-bond donors (Lipinski definition) is 1. The first-order valence-electron chi connectivity index (χ1n) is 5.66. The van der Waals surface area contributed by atoms with Gasteiger partial charge in [-0.2, -0.15) is 9.97 Å².